The number of aromatic nitrogens is 1. The molecule has 3 aromatic rings. The van der Waals surface area contributed by atoms with Crippen LogP contribution < -0.4 is 16.0 Å². The number of amides is 1. The zero-order valence-electron chi connectivity index (χ0n) is 17.0. The van der Waals surface area contributed by atoms with Crippen molar-refractivity contribution in [1.29, 1.82) is 0 Å². The van der Waals surface area contributed by atoms with E-state index in [-0.39, 0.29) is 5.91 Å². The number of hydrogen-bond acceptors (Lipinski definition) is 6. The van der Waals surface area contributed by atoms with Gasteiger partial charge in [-0.2, -0.15) is 0 Å². The van der Waals surface area contributed by atoms with Crippen molar-refractivity contribution in [3.05, 3.63) is 66.4 Å². The first kappa shape index (κ1) is 21.3. The van der Waals surface area contributed by atoms with Crippen LogP contribution in [0, 0.1) is 0 Å². The van der Waals surface area contributed by atoms with Crippen LogP contribution in [0.15, 0.2) is 65.2 Å². The monoisotopic (exact) mass is 406 g/mol. The van der Waals surface area contributed by atoms with Crippen LogP contribution >= 0.6 is 0 Å². The Labute approximate surface area is 175 Å². The summed E-state index contributed by atoms with van der Waals surface area (Å²) in [6.45, 7) is 2.59. The number of para-hydroxylation sites is 1. The van der Waals surface area contributed by atoms with Crippen molar-refractivity contribution in [1.82, 2.24) is 10.3 Å². The van der Waals surface area contributed by atoms with Crippen LogP contribution in [0.25, 0.3) is 11.3 Å². The SMILES string of the molecule is CC(N)C(=O)NCc1ccccc1-c1cnc(N(CCCC=O)c2ccccc2)o1. The third kappa shape index (κ3) is 5.33. The Balaban J connectivity index is 1.85. The lowest BCUT2D eigenvalue weighted by molar-refractivity contribution is -0.122. The van der Waals surface area contributed by atoms with Crippen molar-refractivity contribution in [2.24, 2.45) is 5.73 Å². The smallest absolute Gasteiger partial charge is 0.302 e. The summed E-state index contributed by atoms with van der Waals surface area (Å²) in [6.07, 6.45) is 3.75. The van der Waals surface area contributed by atoms with Crippen LogP contribution in [-0.2, 0) is 16.1 Å². The second-order valence-electron chi connectivity index (χ2n) is 6.97. The molecule has 0 aliphatic heterocycles. The Morgan fingerprint density at radius 1 is 1.20 bits per heavy atom. The molecule has 1 unspecified atom stereocenters. The lowest BCUT2D eigenvalue weighted by Gasteiger charge is -2.20. The minimum atomic E-state index is -0.570. The summed E-state index contributed by atoms with van der Waals surface area (Å²) in [7, 11) is 0. The Kier molecular flexibility index (Phi) is 7.34. The summed E-state index contributed by atoms with van der Waals surface area (Å²) in [6, 6.07) is 17.3. The fourth-order valence-electron chi connectivity index (χ4n) is 3.05. The number of nitrogens with two attached hydrogens (primary N) is 1. The van der Waals surface area contributed by atoms with Crippen LogP contribution in [0.4, 0.5) is 11.7 Å². The normalized spacial score (nSPS) is 11.7. The maximum atomic E-state index is 11.8. The third-order valence-electron chi connectivity index (χ3n) is 4.65. The molecule has 30 heavy (non-hydrogen) atoms. The third-order valence-corrected chi connectivity index (χ3v) is 4.65. The molecule has 1 heterocycles. The first-order valence-electron chi connectivity index (χ1n) is 9.93. The zero-order valence-corrected chi connectivity index (χ0v) is 17.0. The summed E-state index contributed by atoms with van der Waals surface area (Å²) < 4.78 is 6.10. The minimum absolute atomic E-state index is 0.214. The van der Waals surface area contributed by atoms with Crippen LogP contribution in [0.3, 0.4) is 0 Å². The molecule has 0 aliphatic rings. The van der Waals surface area contributed by atoms with Gasteiger partial charge in [0.1, 0.15) is 6.29 Å². The van der Waals surface area contributed by atoms with E-state index < -0.39 is 6.04 Å². The molecule has 1 atom stereocenters. The lowest BCUT2D eigenvalue weighted by Crippen LogP contribution is -2.37. The molecule has 7 heteroatoms. The van der Waals surface area contributed by atoms with Gasteiger partial charge < -0.3 is 20.3 Å². The number of nitrogens with zero attached hydrogens (tertiary/aromatic N) is 2. The first-order valence-corrected chi connectivity index (χ1v) is 9.93. The minimum Gasteiger partial charge on any atom is -0.423 e. The molecule has 3 N–H and O–H groups in total. The van der Waals surface area contributed by atoms with E-state index in [1.807, 2.05) is 59.5 Å². The molecule has 7 nitrogen and oxygen atoms in total. The number of rotatable bonds is 10. The number of unbranched alkanes of at least 4 members (excludes halogenated alkanes) is 1. The van der Waals surface area contributed by atoms with Crippen LogP contribution in [-0.4, -0.2) is 29.8 Å². The molecule has 0 radical (unpaired) electrons. The summed E-state index contributed by atoms with van der Waals surface area (Å²) >= 11 is 0. The number of carbonyl (C=O) groups is 2. The summed E-state index contributed by atoms with van der Waals surface area (Å²) in [4.78, 5) is 29.0. The molecule has 0 aliphatic carbocycles. The van der Waals surface area contributed by atoms with Gasteiger partial charge in [0, 0.05) is 30.8 Å². The number of carbonyl (C=O) groups excluding carboxylic acids is 2. The van der Waals surface area contributed by atoms with Crippen molar-refractivity contribution in [2.75, 3.05) is 11.4 Å². The van der Waals surface area contributed by atoms with E-state index >= 15 is 0 Å². The number of aldehydes is 1. The Morgan fingerprint density at radius 2 is 1.93 bits per heavy atom. The van der Waals surface area contributed by atoms with Crippen molar-refractivity contribution in [3.8, 4) is 11.3 Å². The largest absolute Gasteiger partial charge is 0.423 e. The standard InChI is InChI=1S/C23H26N4O3/c1-17(24)22(29)25-15-18-9-5-6-12-20(18)21-16-26-23(30-21)27(13-7-8-14-28)19-10-3-2-4-11-19/h2-6,9-12,14,16-17H,7-8,13,15,24H2,1H3,(H,25,29). The molecule has 2 aromatic carbocycles. The number of nitrogens with one attached hydrogen (secondary N) is 1. The molecule has 0 fully saturated rings. The van der Waals surface area contributed by atoms with E-state index in [4.69, 9.17) is 10.2 Å². The second-order valence-corrected chi connectivity index (χ2v) is 6.97. The van der Waals surface area contributed by atoms with Gasteiger partial charge in [-0.1, -0.05) is 42.5 Å². The highest BCUT2D eigenvalue weighted by Gasteiger charge is 2.17. The van der Waals surface area contributed by atoms with Gasteiger partial charge in [0.05, 0.1) is 12.2 Å². The summed E-state index contributed by atoms with van der Waals surface area (Å²) in [5, 5.41) is 2.83. The molecule has 1 amide bonds. The molecule has 0 bridgehead atoms. The van der Waals surface area contributed by atoms with Gasteiger partial charge in [-0.05, 0) is 31.0 Å². The predicted octanol–water partition coefficient (Wildman–Crippen LogP) is 3.42. The van der Waals surface area contributed by atoms with Gasteiger partial charge in [-0.3, -0.25) is 9.69 Å². The topological polar surface area (TPSA) is 101 Å². The van der Waals surface area contributed by atoms with Gasteiger partial charge in [0.2, 0.25) is 5.91 Å². The van der Waals surface area contributed by atoms with E-state index in [0.717, 1.165) is 23.1 Å². The van der Waals surface area contributed by atoms with Crippen molar-refractivity contribution in [3.63, 3.8) is 0 Å². The number of hydrogen-bond donors (Lipinski definition) is 2. The van der Waals surface area contributed by atoms with Crippen molar-refractivity contribution in [2.45, 2.75) is 32.4 Å². The average Bonchev–Trinajstić information content (AvgIpc) is 3.25. The number of anilines is 2. The van der Waals surface area contributed by atoms with Crippen LogP contribution in [0.2, 0.25) is 0 Å². The van der Waals surface area contributed by atoms with Gasteiger partial charge in [-0.25, -0.2) is 4.98 Å². The van der Waals surface area contributed by atoms with E-state index in [1.54, 1.807) is 13.1 Å². The van der Waals surface area contributed by atoms with Gasteiger partial charge >= 0.3 is 6.01 Å². The molecule has 0 spiro atoms. The highest BCUT2D eigenvalue weighted by Crippen LogP contribution is 2.31. The highest BCUT2D eigenvalue weighted by atomic mass is 16.4. The molecular weight excluding hydrogens is 380 g/mol. The molecule has 0 saturated heterocycles. The Hall–Kier alpha value is -3.45. The van der Waals surface area contributed by atoms with E-state index in [0.29, 0.717) is 37.7 Å². The Morgan fingerprint density at radius 3 is 2.67 bits per heavy atom. The summed E-state index contributed by atoms with van der Waals surface area (Å²) in [5.41, 5.74) is 8.32. The lowest BCUT2D eigenvalue weighted by atomic mass is 10.1. The van der Waals surface area contributed by atoms with E-state index in [9.17, 15) is 9.59 Å². The maximum Gasteiger partial charge on any atom is 0.302 e. The molecule has 1 aromatic heterocycles. The first-order chi connectivity index (χ1) is 14.6. The molecule has 3 rings (SSSR count). The predicted molar refractivity (Wildman–Crippen MR) is 116 cm³/mol. The van der Waals surface area contributed by atoms with E-state index in [1.165, 1.54) is 0 Å². The van der Waals surface area contributed by atoms with Gasteiger partial charge in [-0.15, -0.1) is 0 Å². The van der Waals surface area contributed by atoms with Gasteiger partial charge in [0.15, 0.2) is 5.76 Å². The molecule has 156 valence electrons. The average molecular weight is 406 g/mol. The molecule has 0 saturated carbocycles. The van der Waals surface area contributed by atoms with Crippen molar-refractivity contribution < 1.29 is 14.0 Å². The zero-order chi connectivity index (χ0) is 21.3. The quantitative estimate of drug-likeness (QED) is 0.395. The van der Waals surface area contributed by atoms with Crippen molar-refractivity contribution >= 4 is 23.9 Å². The Bertz CT molecular complexity index is 969. The number of benzene rings is 2. The fourth-order valence-corrected chi connectivity index (χ4v) is 3.05. The summed E-state index contributed by atoms with van der Waals surface area (Å²) in [5.74, 6) is 0.389. The highest BCUT2D eigenvalue weighted by molar-refractivity contribution is 5.81. The van der Waals surface area contributed by atoms with Gasteiger partial charge in [0.25, 0.3) is 0 Å². The van der Waals surface area contributed by atoms with Crippen LogP contribution in [0.1, 0.15) is 25.3 Å². The van der Waals surface area contributed by atoms with E-state index in [2.05, 4.69) is 10.3 Å². The maximum absolute atomic E-state index is 11.8. The molecular formula is C23H26N4O3. The van der Waals surface area contributed by atoms with Crippen LogP contribution in [0.5, 0.6) is 0 Å². The fraction of sp³-hybridized carbons (Fsp3) is 0.261. The second kappa shape index (κ2) is 10.4. The number of oxazole rings is 1.